The minimum atomic E-state index is -0.406. The molecule has 2 aromatic carbocycles. The Morgan fingerprint density at radius 3 is 2.33 bits per heavy atom. The van der Waals surface area contributed by atoms with E-state index in [9.17, 15) is 4.39 Å². The summed E-state index contributed by atoms with van der Waals surface area (Å²) in [6.45, 7) is 3.98. The Kier molecular flexibility index (Phi) is 3.78. The summed E-state index contributed by atoms with van der Waals surface area (Å²) in [4.78, 5) is 0. The zero-order valence-corrected chi connectivity index (χ0v) is 10.8. The zero-order chi connectivity index (χ0) is 13.1. The van der Waals surface area contributed by atoms with Gasteiger partial charge in [0.1, 0.15) is 5.82 Å². The molecule has 0 amide bonds. The summed E-state index contributed by atoms with van der Waals surface area (Å²) in [5.74, 6) is -0.234. The SMILES string of the molecule is CCc1ccc(C(N)c2ccc(C)cc2F)cc1. The van der Waals surface area contributed by atoms with Crippen molar-refractivity contribution in [2.45, 2.75) is 26.3 Å². The second-order valence-electron chi connectivity index (χ2n) is 4.60. The predicted octanol–water partition coefficient (Wildman–Crippen LogP) is 3.74. The topological polar surface area (TPSA) is 26.0 Å². The first-order valence-corrected chi connectivity index (χ1v) is 6.22. The summed E-state index contributed by atoms with van der Waals surface area (Å²) in [5, 5.41) is 0. The number of hydrogen-bond donors (Lipinski definition) is 1. The highest BCUT2D eigenvalue weighted by molar-refractivity contribution is 5.35. The third-order valence-electron chi connectivity index (χ3n) is 3.24. The van der Waals surface area contributed by atoms with Crippen LogP contribution in [0.25, 0.3) is 0 Å². The molecule has 0 fully saturated rings. The lowest BCUT2D eigenvalue weighted by Gasteiger charge is -2.14. The summed E-state index contributed by atoms with van der Waals surface area (Å²) < 4.78 is 13.9. The third kappa shape index (κ3) is 2.59. The molecule has 0 saturated heterocycles. The van der Waals surface area contributed by atoms with Crippen LogP contribution in [-0.2, 0) is 6.42 Å². The first kappa shape index (κ1) is 12.8. The summed E-state index contributed by atoms with van der Waals surface area (Å²) in [7, 11) is 0. The van der Waals surface area contributed by atoms with E-state index < -0.39 is 6.04 Å². The molecule has 1 nitrogen and oxygen atoms in total. The molecule has 18 heavy (non-hydrogen) atoms. The van der Waals surface area contributed by atoms with Gasteiger partial charge in [0.25, 0.3) is 0 Å². The monoisotopic (exact) mass is 243 g/mol. The van der Waals surface area contributed by atoms with E-state index in [1.54, 1.807) is 6.07 Å². The fraction of sp³-hybridized carbons (Fsp3) is 0.250. The highest BCUT2D eigenvalue weighted by Gasteiger charge is 2.13. The second kappa shape index (κ2) is 5.32. The smallest absolute Gasteiger partial charge is 0.128 e. The average molecular weight is 243 g/mol. The van der Waals surface area contributed by atoms with Crippen molar-refractivity contribution in [1.29, 1.82) is 0 Å². The third-order valence-corrected chi connectivity index (χ3v) is 3.24. The van der Waals surface area contributed by atoms with Crippen LogP contribution in [0, 0.1) is 12.7 Å². The molecule has 0 spiro atoms. The summed E-state index contributed by atoms with van der Waals surface area (Å²) in [6, 6.07) is 12.8. The van der Waals surface area contributed by atoms with Gasteiger partial charge in [0.05, 0.1) is 6.04 Å². The van der Waals surface area contributed by atoms with Crippen molar-refractivity contribution in [1.82, 2.24) is 0 Å². The maximum absolute atomic E-state index is 13.9. The van der Waals surface area contributed by atoms with Crippen LogP contribution in [0.15, 0.2) is 42.5 Å². The van der Waals surface area contributed by atoms with Crippen LogP contribution < -0.4 is 5.73 Å². The Bertz CT molecular complexity index is 531. The molecular weight excluding hydrogens is 225 g/mol. The van der Waals surface area contributed by atoms with E-state index in [1.165, 1.54) is 11.6 Å². The van der Waals surface area contributed by atoms with E-state index in [1.807, 2.05) is 37.3 Å². The largest absolute Gasteiger partial charge is 0.320 e. The summed E-state index contributed by atoms with van der Waals surface area (Å²) in [6.07, 6.45) is 0.994. The van der Waals surface area contributed by atoms with Gasteiger partial charge in [-0.3, -0.25) is 0 Å². The molecule has 0 aliphatic carbocycles. The van der Waals surface area contributed by atoms with E-state index in [0.717, 1.165) is 17.5 Å². The molecule has 0 saturated carbocycles. The molecule has 2 N–H and O–H groups in total. The molecule has 2 rings (SSSR count). The van der Waals surface area contributed by atoms with E-state index in [-0.39, 0.29) is 5.82 Å². The average Bonchev–Trinajstić information content (AvgIpc) is 2.38. The molecular formula is C16H18FN. The fourth-order valence-electron chi connectivity index (χ4n) is 2.02. The van der Waals surface area contributed by atoms with Gasteiger partial charge in [0.15, 0.2) is 0 Å². The van der Waals surface area contributed by atoms with Crippen LogP contribution in [0.3, 0.4) is 0 Å². The van der Waals surface area contributed by atoms with Crippen molar-refractivity contribution >= 4 is 0 Å². The number of hydrogen-bond acceptors (Lipinski definition) is 1. The van der Waals surface area contributed by atoms with E-state index in [2.05, 4.69) is 6.92 Å². The predicted molar refractivity (Wildman–Crippen MR) is 73.0 cm³/mol. The first-order chi connectivity index (χ1) is 8.61. The van der Waals surface area contributed by atoms with Crippen molar-refractivity contribution < 1.29 is 4.39 Å². The normalized spacial score (nSPS) is 12.4. The second-order valence-corrected chi connectivity index (χ2v) is 4.60. The summed E-state index contributed by atoms with van der Waals surface area (Å²) in [5.41, 5.74) is 9.77. The quantitative estimate of drug-likeness (QED) is 0.873. The fourth-order valence-corrected chi connectivity index (χ4v) is 2.02. The standard InChI is InChI=1S/C16H18FN/c1-3-12-5-7-13(8-6-12)16(18)14-9-4-11(2)10-15(14)17/h4-10,16H,3,18H2,1-2H3. The maximum Gasteiger partial charge on any atom is 0.128 e. The minimum Gasteiger partial charge on any atom is -0.320 e. The van der Waals surface area contributed by atoms with Gasteiger partial charge in [-0.2, -0.15) is 0 Å². The van der Waals surface area contributed by atoms with Crippen molar-refractivity contribution in [3.05, 3.63) is 70.5 Å². The van der Waals surface area contributed by atoms with Crippen molar-refractivity contribution in [2.75, 3.05) is 0 Å². The van der Waals surface area contributed by atoms with Crippen LogP contribution in [0.2, 0.25) is 0 Å². The molecule has 0 bridgehead atoms. The Morgan fingerprint density at radius 2 is 1.78 bits per heavy atom. The van der Waals surface area contributed by atoms with E-state index in [0.29, 0.717) is 5.56 Å². The molecule has 2 heteroatoms. The maximum atomic E-state index is 13.9. The van der Waals surface area contributed by atoms with E-state index in [4.69, 9.17) is 5.73 Å². The Balaban J connectivity index is 2.31. The lowest BCUT2D eigenvalue weighted by atomic mass is 9.97. The molecule has 1 atom stereocenters. The minimum absolute atomic E-state index is 0.234. The van der Waals surface area contributed by atoms with Crippen molar-refractivity contribution in [2.24, 2.45) is 5.73 Å². The Labute approximate surface area is 107 Å². The molecule has 1 unspecified atom stereocenters. The number of benzene rings is 2. The number of rotatable bonds is 3. The molecule has 94 valence electrons. The van der Waals surface area contributed by atoms with Gasteiger partial charge in [-0.05, 0) is 36.1 Å². The van der Waals surface area contributed by atoms with Crippen LogP contribution in [0.5, 0.6) is 0 Å². The van der Waals surface area contributed by atoms with Gasteiger partial charge in [0, 0.05) is 5.56 Å². The van der Waals surface area contributed by atoms with Crippen LogP contribution in [-0.4, -0.2) is 0 Å². The van der Waals surface area contributed by atoms with Crippen LogP contribution in [0.4, 0.5) is 4.39 Å². The Hall–Kier alpha value is -1.67. The number of aryl methyl sites for hydroxylation is 2. The molecule has 0 aromatic heterocycles. The van der Waals surface area contributed by atoms with Crippen molar-refractivity contribution in [3.63, 3.8) is 0 Å². The number of halogens is 1. The molecule has 2 aromatic rings. The lowest BCUT2D eigenvalue weighted by molar-refractivity contribution is 0.598. The van der Waals surface area contributed by atoms with Gasteiger partial charge in [-0.15, -0.1) is 0 Å². The van der Waals surface area contributed by atoms with E-state index >= 15 is 0 Å². The van der Waals surface area contributed by atoms with Gasteiger partial charge >= 0.3 is 0 Å². The van der Waals surface area contributed by atoms with Gasteiger partial charge in [-0.25, -0.2) is 4.39 Å². The summed E-state index contributed by atoms with van der Waals surface area (Å²) >= 11 is 0. The molecule has 0 heterocycles. The highest BCUT2D eigenvalue weighted by Crippen LogP contribution is 2.23. The lowest BCUT2D eigenvalue weighted by Crippen LogP contribution is -2.13. The van der Waals surface area contributed by atoms with Crippen LogP contribution in [0.1, 0.15) is 35.2 Å². The van der Waals surface area contributed by atoms with Crippen LogP contribution >= 0.6 is 0 Å². The molecule has 0 radical (unpaired) electrons. The van der Waals surface area contributed by atoms with Gasteiger partial charge < -0.3 is 5.73 Å². The van der Waals surface area contributed by atoms with Gasteiger partial charge in [-0.1, -0.05) is 43.3 Å². The molecule has 0 aliphatic heterocycles. The van der Waals surface area contributed by atoms with Gasteiger partial charge in [0.2, 0.25) is 0 Å². The number of nitrogens with two attached hydrogens (primary N) is 1. The highest BCUT2D eigenvalue weighted by atomic mass is 19.1. The first-order valence-electron chi connectivity index (χ1n) is 6.22. The van der Waals surface area contributed by atoms with Crippen molar-refractivity contribution in [3.8, 4) is 0 Å². The molecule has 0 aliphatic rings. The Morgan fingerprint density at radius 1 is 1.11 bits per heavy atom. The zero-order valence-electron chi connectivity index (χ0n) is 10.8.